The van der Waals surface area contributed by atoms with Gasteiger partial charge in [-0.2, -0.15) is 8.78 Å². The summed E-state index contributed by atoms with van der Waals surface area (Å²) in [5, 5.41) is 2.82. The summed E-state index contributed by atoms with van der Waals surface area (Å²) in [6, 6.07) is 5.94. The molecule has 0 atom stereocenters. The average molecular weight is 270 g/mol. The number of halogens is 2. The number of para-hydroxylation sites is 1. The summed E-state index contributed by atoms with van der Waals surface area (Å²) in [4.78, 5) is 12.1. The molecule has 6 heteroatoms. The summed E-state index contributed by atoms with van der Waals surface area (Å²) in [5.74, 6) is -0.553. The van der Waals surface area contributed by atoms with E-state index < -0.39 is 18.1 Å². The van der Waals surface area contributed by atoms with Crippen molar-refractivity contribution in [3.63, 3.8) is 0 Å². The maximum Gasteiger partial charge on any atom is 0.387 e. The van der Waals surface area contributed by atoms with E-state index in [0.29, 0.717) is 6.54 Å². The fourth-order valence-electron chi connectivity index (χ4n) is 2.14. The zero-order chi connectivity index (χ0) is 13.9. The monoisotopic (exact) mass is 270 g/mol. The molecule has 0 radical (unpaired) electrons. The number of hydrogen-bond donors (Lipinski definition) is 2. The van der Waals surface area contributed by atoms with Gasteiger partial charge in [-0.05, 0) is 31.4 Å². The van der Waals surface area contributed by atoms with E-state index >= 15 is 0 Å². The maximum absolute atomic E-state index is 12.3. The standard InChI is InChI=1S/C13H16F2N2O2/c14-12(15)19-10-5-2-1-4-9(10)11(18)17-13(8-16)6-3-7-13/h1-2,4-5,12H,3,6-8,16H2,(H,17,18). The highest BCUT2D eigenvalue weighted by Crippen LogP contribution is 2.31. The van der Waals surface area contributed by atoms with Crippen molar-refractivity contribution in [1.29, 1.82) is 0 Å². The van der Waals surface area contributed by atoms with E-state index in [1.54, 1.807) is 6.07 Å². The minimum atomic E-state index is -2.96. The Hall–Kier alpha value is -1.69. The van der Waals surface area contributed by atoms with Gasteiger partial charge in [0.05, 0.1) is 11.1 Å². The first kappa shape index (κ1) is 13.7. The Morgan fingerprint density at radius 2 is 2.11 bits per heavy atom. The van der Waals surface area contributed by atoms with Crippen molar-refractivity contribution in [2.75, 3.05) is 6.54 Å². The number of nitrogens with two attached hydrogens (primary N) is 1. The highest BCUT2D eigenvalue weighted by molar-refractivity contribution is 5.97. The number of benzene rings is 1. The maximum atomic E-state index is 12.3. The molecule has 19 heavy (non-hydrogen) atoms. The van der Waals surface area contributed by atoms with E-state index in [4.69, 9.17) is 5.73 Å². The molecule has 1 saturated carbocycles. The van der Waals surface area contributed by atoms with Gasteiger partial charge in [-0.1, -0.05) is 12.1 Å². The van der Waals surface area contributed by atoms with E-state index in [0.717, 1.165) is 19.3 Å². The van der Waals surface area contributed by atoms with Crippen LogP contribution in [0, 0.1) is 0 Å². The summed E-state index contributed by atoms with van der Waals surface area (Å²) < 4.78 is 28.9. The Bertz CT molecular complexity index is 456. The predicted molar refractivity (Wildman–Crippen MR) is 66.2 cm³/mol. The lowest BCUT2D eigenvalue weighted by molar-refractivity contribution is -0.0502. The van der Waals surface area contributed by atoms with Crippen molar-refractivity contribution in [3.8, 4) is 5.75 Å². The summed E-state index contributed by atoms with van der Waals surface area (Å²) in [5.41, 5.74) is 5.35. The molecule has 1 fully saturated rings. The Labute approximate surface area is 109 Å². The Morgan fingerprint density at radius 1 is 1.42 bits per heavy atom. The van der Waals surface area contributed by atoms with Crippen LogP contribution in [0.2, 0.25) is 0 Å². The molecule has 3 N–H and O–H groups in total. The minimum Gasteiger partial charge on any atom is -0.434 e. The summed E-state index contributed by atoms with van der Waals surface area (Å²) >= 11 is 0. The molecule has 0 bridgehead atoms. The van der Waals surface area contributed by atoms with Crippen molar-refractivity contribution in [2.24, 2.45) is 5.73 Å². The van der Waals surface area contributed by atoms with Crippen molar-refractivity contribution >= 4 is 5.91 Å². The van der Waals surface area contributed by atoms with E-state index in [1.807, 2.05) is 0 Å². The zero-order valence-electron chi connectivity index (χ0n) is 10.4. The number of ether oxygens (including phenoxy) is 1. The van der Waals surface area contributed by atoms with Crippen molar-refractivity contribution in [1.82, 2.24) is 5.32 Å². The van der Waals surface area contributed by atoms with Crippen LogP contribution >= 0.6 is 0 Å². The summed E-state index contributed by atoms with van der Waals surface area (Å²) in [6.07, 6.45) is 2.63. The largest absolute Gasteiger partial charge is 0.434 e. The van der Waals surface area contributed by atoms with Gasteiger partial charge in [-0.25, -0.2) is 0 Å². The van der Waals surface area contributed by atoms with Crippen molar-refractivity contribution < 1.29 is 18.3 Å². The molecule has 0 heterocycles. The van der Waals surface area contributed by atoms with Crippen LogP contribution in [0.3, 0.4) is 0 Å². The van der Waals surface area contributed by atoms with E-state index in [-0.39, 0.29) is 11.3 Å². The molecule has 0 saturated heterocycles. The number of carbonyl (C=O) groups excluding carboxylic acids is 1. The fourth-order valence-corrected chi connectivity index (χ4v) is 2.14. The normalized spacial score (nSPS) is 16.8. The first-order chi connectivity index (χ1) is 9.06. The fraction of sp³-hybridized carbons (Fsp3) is 0.462. The van der Waals surface area contributed by atoms with E-state index in [2.05, 4.69) is 10.1 Å². The van der Waals surface area contributed by atoms with Gasteiger partial charge in [0.25, 0.3) is 5.91 Å². The van der Waals surface area contributed by atoms with Crippen LogP contribution in [0.25, 0.3) is 0 Å². The van der Waals surface area contributed by atoms with Gasteiger partial charge in [0, 0.05) is 6.54 Å². The number of rotatable bonds is 5. The highest BCUT2D eigenvalue weighted by atomic mass is 19.3. The highest BCUT2D eigenvalue weighted by Gasteiger charge is 2.37. The predicted octanol–water partition coefficient (Wildman–Crippen LogP) is 1.90. The van der Waals surface area contributed by atoms with Gasteiger partial charge >= 0.3 is 6.61 Å². The van der Waals surface area contributed by atoms with Crippen LogP contribution in [0.15, 0.2) is 24.3 Å². The average Bonchev–Trinajstić information content (AvgIpc) is 2.33. The molecular weight excluding hydrogens is 254 g/mol. The number of carbonyl (C=O) groups is 1. The lowest BCUT2D eigenvalue weighted by atomic mass is 9.76. The molecule has 0 spiro atoms. The second-order valence-corrected chi connectivity index (χ2v) is 4.67. The van der Waals surface area contributed by atoms with Crippen LogP contribution in [-0.4, -0.2) is 24.6 Å². The topological polar surface area (TPSA) is 64.3 Å². The van der Waals surface area contributed by atoms with E-state index in [1.165, 1.54) is 18.2 Å². The Kier molecular flexibility index (Phi) is 3.99. The molecule has 1 aromatic carbocycles. The zero-order valence-corrected chi connectivity index (χ0v) is 10.4. The Morgan fingerprint density at radius 3 is 2.63 bits per heavy atom. The van der Waals surface area contributed by atoms with Gasteiger partial charge < -0.3 is 15.8 Å². The number of hydrogen-bond acceptors (Lipinski definition) is 3. The first-order valence-corrected chi connectivity index (χ1v) is 6.13. The molecule has 1 amide bonds. The van der Waals surface area contributed by atoms with Crippen molar-refractivity contribution in [3.05, 3.63) is 29.8 Å². The molecule has 1 aromatic rings. The number of alkyl halides is 2. The molecule has 0 aromatic heterocycles. The van der Waals surface area contributed by atoms with Gasteiger partial charge in [-0.3, -0.25) is 4.79 Å². The quantitative estimate of drug-likeness (QED) is 0.859. The molecular formula is C13H16F2N2O2. The molecule has 1 aliphatic carbocycles. The summed E-state index contributed by atoms with van der Waals surface area (Å²) in [7, 11) is 0. The minimum absolute atomic E-state index is 0.0996. The van der Waals surface area contributed by atoms with Gasteiger partial charge in [-0.15, -0.1) is 0 Å². The molecule has 4 nitrogen and oxygen atoms in total. The third-order valence-corrected chi connectivity index (χ3v) is 3.43. The van der Waals surface area contributed by atoms with Gasteiger partial charge in [0.1, 0.15) is 5.75 Å². The SMILES string of the molecule is NCC1(NC(=O)c2ccccc2OC(F)F)CCC1. The number of amides is 1. The molecule has 0 aliphatic heterocycles. The lowest BCUT2D eigenvalue weighted by Crippen LogP contribution is -2.58. The van der Waals surface area contributed by atoms with Crippen LogP contribution in [0.4, 0.5) is 8.78 Å². The molecule has 2 rings (SSSR count). The van der Waals surface area contributed by atoms with Crippen LogP contribution in [-0.2, 0) is 0 Å². The third-order valence-electron chi connectivity index (χ3n) is 3.43. The molecule has 1 aliphatic rings. The third kappa shape index (κ3) is 3.01. The van der Waals surface area contributed by atoms with Gasteiger partial charge in [0.15, 0.2) is 0 Å². The van der Waals surface area contributed by atoms with Crippen LogP contribution in [0.5, 0.6) is 5.75 Å². The van der Waals surface area contributed by atoms with E-state index in [9.17, 15) is 13.6 Å². The van der Waals surface area contributed by atoms with Crippen molar-refractivity contribution in [2.45, 2.75) is 31.4 Å². The number of nitrogens with one attached hydrogen (secondary N) is 1. The lowest BCUT2D eigenvalue weighted by Gasteiger charge is -2.41. The molecule has 0 unspecified atom stereocenters. The summed E-state index contributed by atoms with van der Waals surface area (Å²) in [6.45, 7) is -2.61. The Balaban J connectivity index is 2.14. The van der Waals surface area contributed by atoms with Gasteiger partial charge in [0.2, 0.25) is 0 Å². The van der Waals surface area contributed by atoms with Crippen LogP contribution in [0.1, 0.15) is 29.6 Å². The second-order valence-electron chi connectivity index (χ2n) is 4.67. The molecule has 104 valence electrons. The second kappa shape index (κ2) is 5.52. The smallest absolute Gasteiger partial charge is 0.387 e. The first-order valence-electron chi connectivity index (χ1n) is 6.13. The van der Waals surface area contributed by atoms with Crippen LogP contribution < -0.4 is 15.8 Å².